The number of aryl methyl sites for hydroxylation is 1. The van der Waals surface area contributed by atoms with Gasteiger partial charge in [-0.1, -0.05) is 41.4 Å². The summed E-state index contributed by atoms with van der Waals surface area (Å²) in [5.74, 6) is 1.05. The fourth-order valence-corrected chi connectivity index (χ4v) is 4.68. The Morgan fingerprint density at radius 3 is 2.51 bits per heavy atom. The Kier molecular flexibility index (Phi) is 9.32. The van der Waals surface area contributed by atoms with Crippen LogP contribution in [0.15, 0.2) is 42.5 Å². The minimum atomic E-state index is -0.419. The molecule has 0 atom stereocenters. The van der Waals surface area contributed by atoms with Crippen molar-refractivity contribution in [2.75, 3.05) is 44.5 Å². The second-order valence-corrected chi connectivity index (χ2v) is 10.1. The molecule has 0 spiro atoms. The zero-order valence-electron chi connectivity index (χ0n) is 21.4. The van der Waals surface area contributed by atoms with Gasteiger partial charge in [-0.2, -0.15) is 0 Å². The smallest absolute Gasteiger partial charge is 0.324 e. The summed E-state index contributed by atoms with van der Waals surface area (Å²) in [7, 11) is 3.77. The van der Waals surface area contributed by atoms with Gasteiger partial charge in [-0.15, -0.1) is 5.10 Å². The largest absolute Gasteiger partial charge is 0.473 e. The van der Waals surface area contributed by atoms with Crippen molar-refractivity contribution in [3.05, 3.63) is 63.6 Å². The Bertz CT molecular complexity index is 1210. The molecule has 0 aliphatic carbocycles. The molecule has 0 unspecified atom stereocenters. The molecule has 1 saturated heterocycles. The fourth-order valence-electron chi connectivity index (χ4n) is 4.33. The van der Waals surface area contributed by atoms with Gasteiger partial charge in [0.05, 0.1) is 21.3 Å². The monoisotopic (exact) mass is 545 g/mol. The molecule has 1 fully saturated rings. The number of urea groups is 1. The van der Waals surface area contributed by atoms with E-state index in [0.29, 0.717) is 40.5 Å². The number of ether oxygens (including phenoxy) is 2. The standard InChI is InChI=1S/C27H33Cl2N5O3/c1-18-25(31-27(35)30-24-17-23(29)22(28)16-19(24)8-7-15-36-3)34(20-9-5-4-6-10-20)32-26(18)37-21-11-13-33(2)14-12-21/h4-6,9-10,16-17,21H,7-8,11-15H2,1-3H3,(H2,30,31,35). The molecule has 0 bridgehead atoms. The normalized spacial score (nSPS) is 14.5. The van der Waals surface area contributed by atoms with E-state index in [4.69, 9.17) is 37.8 Å². The number of para-hydroxylation sites is 1. The van der Waals surface area contributed by atoms with E-state index in [1.807, 2.05) is 37.3 Å². The first-order valence-electron chi connectivity index (χ1n) is 12.4. The highest BCUT2D eigenvalue weighted by atomic mass is 35.5. The molecule has 2 amide bonds. The lowest BCUT2D eigenvalue weighted by Crippen LogP contribution is -2.35. The Labute approximate surface area is 227 Å². The molecule has 2 aromatic carbocycles. The number of piperidine rings is 1. The number of amides is 2. The molecule has 8 nitrogen and oxygen atoms in total. The van der Waals surface area contributed by atoms with Crippen molar-refractivity contribution in [1.82, 2.24) is 14.7 Å². The maximum absolute atomic E-state index is 13.2. The van der Waals surface area contributed by atoms with E-state index in [1.165, 1.54) is 0 Å². The molecule has 37 heavy (non-hydrogen) atoms. The van der Waals surface area contributed by atoms with E-state index in [-0.39, 0.29) is 6.10 Å². The van der Waals surface area contributed by atoms with Crippen molar-refractivity contribution in [2.45, 2.75) is 38.7 Å². The zero-order valence-corrected chi connectivity index (χ0v) is 22.9. The van der Waals surface area contributed by atoms with Crippen LogP contribution >= 0.6 is 23.2 Å². The van der Waals surface area contributed by atoms with Crippen LogP contribution < -0.4 is 15.4 Å². The Balaban J connectivity index is 1.58. The predicted octanol–water partition coefficient (Wildman–Crippen LogP) is 6.18. The number of carbonyl (C=O) groups is 1. The summed E-state index contributed by atoms with van der Waals surface area (Å²) in [6.45, 7) is 4.46. The van der Waals surface area contributed by atoms with Gasteiger partial charge in [-0.05, 0) is 69.5 Å². The van der Waals surface area contributed by atoms with Crippen LogP contribution in [-0.2, 0) is 11.2 Å². The van der Waals surface area contributed by atoms with Crippen molar-refractivity contribution in [3.63, 3.8) is 0 Å². The topological polar surface area (TPSA) is 80.7 Å². The predicted molar refractivity (Wildman–Crippen MR) is 149 cm³/mol. The van der Waals surface area contributed by atoms with Gasteiger partial charge in [-0.3, -0.25) is 5.32 Å². The quantitative estimate of drug-likeness (QED) is 0.313. The summed E-state index contributed by atoms with van der Waals surface area (Å²) in [6.07, 6.45) is 3.40. The van der Waals surface area contributed by atoms with Crippen molar-refractivity contribution < 1.29 is 14.3 Å². The van der Waals surface area contributed by atoms with Gasteiger partial charge in [0.25, 0.3) is 0 Å². The molecular formula is C27H33Cl2N5O3. The van der Waals surface area contributed by atoms with E-state index in [1.54, 1.807) is 23.9 Å². The van der Waals surface area contributed by atoms with Gasteiger partial charge >= 0.3 is 6.03 Å². The highest BCUT2D eigenvalue weighted by Gasteiger charge is 2.24. The van der Waals surface area contributed by atoms with Gasteiger partial charge < -0.3 is 19.7 Å². The zero-order chi connectivity index (χ0) is 26.4. The molecule has 3 aromatic rings. The Morgan fingerprint density at radius 1 is 1.11 bits per heavy atom. The average Bonchev–Trinajstić information content (AvgIpc) is 3.18. The Hall–Kier alpha value is -2.78. The van der Waals surface area contributed by atoms with Crippen molar-refractivity contribution in [1.29, 1.82) is 0 Å². The van der Waals surface area contributed by atoms with Crippen LogP contribution in [0.4, 0.5) is 16.3 Å². The summed E-state index contributed by atoms with van der Waals surface area (Å²) in [5.41, 5.74) is 3.04. The number of anilines is 2. The third kappa shape index (κ3) is 6.96. The second-order valence-electron chi connectivity index (χ2n) is 9.25. The molecule has 0 radical (unpaired) electrons. The first kappa shape index (κ1) is 27.3. The lowest BCUT2D eigenvalue weighted by atomic mass is 10.1. The maximum Gasteiger partial charge on any atom is 0.324 e. The number of rotatable bonds is 9. The minimum absolute atomic E-state index is 0.0848. The lowest BCUT2D eigenvalue weighted by molar-refractivity contribution is 0.109. The van der Waals surface area contributed by atoms with Crippen molar-refractivity contribution in [2.24, 2.45) is 0 Å². The van der Waals surface area contributed by atoms with Crippen LogP contribution in [0.2, 0.25) is 10.0 Å². The number of aromatic nitrogens is 2. The highest BCUT2D eigenvalue weighted by molar-refractivity contribution is 6.42. The van der Waals surface area contributed by atoms with Gasteiger partial charge in [0.1, 0.15) is 11.9 Å². The molecule has 1 aliphatic rings. The summed E-state index contributed by atoms with van der Waals surface area (Å²) in [6, 6.07) is 12.7. The number of hydrogen-bond acceptors (Lipinski definition) is 5. The molecule has 4 rings (SSSR count). The van der Waals surface area contributed by atoms with Crippen LogP contribution in [0.25, 0.3) is 5.69 Å². The molecule has 1 aliphatic heterocycles. The van der Waals surface area contributed by atoms with Crippen molar-refractivity contribution in [3.8, 4) is 11.6 Å². The van der Waals surface area contributed by atoms with E-state index in [2.05, 4.69) is 22.6 Å². The van der Waals surface area contributed by atoms with E-state index < -0.39 is 6.03 Å². The molecule has 198 valence electrons. The third-order valence-electron chi connectivity index (χ3n) is 6.44. The van der Waals surface area contributed by atoms with Crippen molar-refractivity contribution >= 4 is 40.7 Å². The van der Waals surface area contributed by atoms with Crippen LogP contribution in [0, 0.1) is 6.92 Å². The molecule has 10 heteroatoms. The van der Waals surface area contributed by atoms with Gasteiger partial charge in [0.15, 0.2) is 0 Å². The molecule has 2 heterocycles. The number of hydrogen-bond donors (Lipinski definition) is 2. The SMILES string of the molecule is COCCCc1cc(Cl)c(Cl)cc1NC(=O)Nc1c(C)c(OC2CCN(C)CC2)nn1-c1ccccc1. The second kappa shape index (κ2) is 12.6. The minimum Gasteiger partial charge on any atom is -0.473 e. The van der Waals surface area contributed by atoms with Crippen LogP contribution in [0.5, 0.6) is 5.88 Å². The first-order valence-corrected chi connectivity index (χ1v) is 13.2. The molecule has 0 saturated carbocycles. The summed E-state index contributed by atoms with van der Waals surface area (Å²) in [4.78, 5) is 15.5. The summed E-state index contributed by atoms with van der Waals surface area (Å²) >= 11 is 12.5. The molecule has 2 N–H and O–H groups in total. The van der Waals surface area contributed by atoms with E-state index >= 15 is 0 Å². The molecule has 1 aromatic heterocycles. The maximum atomic E-state index is 13.2. The highest BCUT2D eigenvalue weighted by Crippen LogP contribution is 2.32. The van der Waals surface area contributed by atoms with Gasteiger partial charge in [0.2, 0.25) is 5.88 Å². The number of nitrogens with one attached hydrogen (secondary N) is 2. The van der Waals surface area contributed by atoms with Crippen LogP contribution in [0.1, 0.15) is 30.4 Å². The first-order chi connectivity index (χ1) is 17.9. The number of methoxy groups -OCH3 is 1. The fraction of sp³-hybridized carbons (Fsp3) is 0.407. The number of halogens is 2. The lowest BCUT2D eigenvalue weighted by Gasteiger charge is -2.28. The summed E-state index contributed by atoms with van der Waals surface area (Å²) in [5, 5.41) is 11.5. The number of likely N-dealkylation sites (tertiary alicyclic amines) is 1. The number of benzene rings is 2. The van der Waals surface area contributed by atoms with Gasteiger partial charge in [0, 0.05) is 32.5 Å². The summed E-state index contributed by atoms with van der Waals surface area (Å²) < 4.78 is 13.2. The molecular weight excluding hydrogens is 513 g/mol. The average molecular weight is 546 g/mol. The van der Waals surface area contributed by atoms with E-state index in [9.17, 15) is 4.79 Å². The number of carbonyl (C=O) groups excluding carboxylic acids is 1. The van der Waals surface area contributed by atoms with Crippen LogP contribution in [-0.4, -0.2) is 60.7 Å². The number of nitrogens with zero attached hydrogens (tertiary/aromatic N) is 3. The van der Waals surface area contributed by atoms with Gasteiger partial charge in [-0.25, -0.2) is 9.48 Å². The van der Waals surface area contributed by atoms with Crippen LogP contribution in [0.3, 0.4) is 0 Å². The van der Waals surface area contributed by atoms with E-state index in [0.717, 1.165) is 49.2 Å². The Morgan fingerprint density at radius 2 is 1.81 bits per heavy atom. The third-order valence-corrected chi connectivity index (χ3v) is 7.17.